The van der Waals surface area contributed by atoms with Gasteiger partial charge in [0.05, 0.1) is 5.51 Å². The summed E-state index contributed by atoms with van der Waals surface area (Å²) in [4.78, 5) is 8.10. The van der Waals surface area contributed by atoms with Crippen LogP contribution in [0.15, 0.2) is 11.7 Å². The van der Waals surface area contributed by atoms with E-state index in [1.807, 2.05) is 11.7 Å². The van der Waals surface area contributed by atoms with Gasteiger partial charge in [-0.2, -0.15) is 0 Å². The molecule has 3 nitrogen and oxygen atoms in total. The van der Waals surface area contributed by atoms with Gasteiger partial charge in [0.1, 0.15) is 0 Å². The van der Waals surface area contributed by atoms with Crippen LogP contribution in [0, 0.1) is 11.8 Å². The summed E-state index contributed by atoms with van der Waals surface area (Å²) in [6.07, 6.45) is 4.68. The van der Waals surface area contributed by atoms with Crippen LogP contribution < -0.4 is 5.32 Å². The van der Waals surface area contributed by atoms with E-state index in [0.29, 0.717) is 0 Å². The zero-order chi connectivity index (χ0) is 12.8. The molecule has 1 aromatic rings. The van der Waals surface area contributed by atoms with Crippen molar-refractivity contribution >= 4 is 11.3 Å². The van der Waals surface area contributed by atoms with Gasteiger partial charge in [-0.15, -0.1) is 11.3 Å². The number of hydrogen-bond acceptors (Lipinski definition) is 4. The second-order valence-corrected chi connectivity index (χ2v) is 6.71. The number of thiazole rings is 1. The van der Waals surface area contributed by atoms with E-state index in [9.17, 15) is 0 Å². The first-order valence-corrected chi connectivity index (χ1v) is 7.92. The van der Waals surface area contributed by atoms with E-state index in [-0.39, 0.29) is 0 Å². The first-order valence-electron chi connectivity index (χ1n) is 7.04. The fraction of sp³-hybridized carbons (Fsp3) is 0.786. The van der Waals surface area contributed by atoms with E-state index in [1.165, 1.54) is 37.4 Å². The molecule has 1 N–H and O–H groups in total. The van der Waals surface area contributed by atoms with E-state index < -0.39 is 0 Å². The Morgan fingerprint density at radius 3 is 2.83 bits per heavy atom. The topological polar surface area (TPSA) is 28.2 Å². The molecule has 1 aliphatic heterocycles. The molecule has 1 saturated heterocycles. The summed E-state index contributed by atoms with van der Waals surface area (Å²) >= 11 is 1.77. The minimum atomic E-state index is 0.761. The van der Waals surface area contributed by atoms with Crippen LogP contribution in [-0.4, -0.2) is 36.1 Å². The van der Waals surface area contributed by atoms with Crippen LogP contribution in [0.4, 0.5) is 0 Å². The van der Waals surface area contributed by atoms with Crippen molar-refractivity contribution in [2.75, 3.05) is 26.2 Å². The molecule has 4 heteroatoms. The number of piperidine rings is 1. The van der Waals surface area contributed by atoms with Crippen LogP contribution in [0.25, 0.3) is 0 Å². The Labute approximate surface area is 115 Å². The fourth-order valence-corrected chi connectivity index (χ4v) is 3.10. The number of nitrogens with one attached hydrogen (secondary N) is 1. The normalized spacial score (nSPS) is 18.6. The van der Waals surface area contributed by atoms with Crippen molar-refractivity contribution in [3.05, 3.63) is 16.6 Å². The molecule has 2 rings (SSSR count). The molecule has 0 unspecified atom stereocenters. The smallest absolute Gasteiger partial charge is 0.0794 e. The van der Waals surface area contributed by atoms with Crippen LogP contribution >= 0.6 is 11.3 Å². The van der Waals surface area contributed by atoms with Gasteiger partial charge in [0.25, 0.3) is 0 Å². The van der Waals surface area contributed by atoms with Crippen LogP contribution in [0.5, 0.6) is 0 Å². The molecule has 2 heterocycles. The zero-order valence-corrected chi connectivity index (χ0v) is 12.4. The van der Waals surface area contributed by atoms with Crippen molar-refractivity contribution in [3.63, 3.8) is 0 Å². The van der Waals surface area contributed by atoms with Crippen molar-refractivity contribution in [1.29, 1.82) is 0 Å². The van der Waals surface area contributed by atoms with Gasteiger partial charge in [-0.25, -0.2) is 0 Å². The second-order valence-electron chi connectivity index (χ2n) is 5.74. The molecule has 0 spiro atoms. The highest BCUT2D eigenvalue weighted by Gasteiger charge is 2.19. The van der Waals surface area contributed by atoms with Crippen molar-refractivity contribution in [1.82, 2.24) is 15.2 Å². The zero-order valence-electron chi connectivity index (χ0n) is 11.6. The molecule has 18 heavy (non-hydrogen) atoms. The maximum atomic E-state index is 4.14. The number of aromatic nitrogens is 1. The van der Waals surface area contributed by atoms with Gasteiger partial charge in [-0.3, -0.25) is 9.88 Å². The summed E-state index contributed by atoms with van der Waals surface area (Å²) in [5.74, 6) is 1.64. The van der Waals surface area contributed by atoms with Crippen molar-refractivity contribution < 1.29 is 0 Å². The predicted octanol–water partition coefficient (Wildman–Crippen LogP) is 2.60. The van der Waals surface area contributed by atoms with Crippen molar-refractivity contribution in [2.45, 2.75) is 33.2 Å². The third-order valence-electron chi connectivity index (χ3n) is 3.56. The monoisotopic (exact) mass is 267 g/mol. The van der Waals surface area contributed by atoms with Gasteiger partial charge < -0.3 is 5.32 Å². The molecule has 1 aliphatic rings. The molecule has 0 saturated carbocycles. The Morgan fingerprint density at radius 1 is 1.44 bits per heavy atom. The third kappa shape index (κ3) is 4.67. The third-order valence-corrected chi connectivity index (χ3v) is 4.32. The van der Waals surface area contributed by atoms with E-state index in [0.717, 1.165) is 24.9 Å². The minimum absolute atomic E-state index is 0.761. The second kappa shape index (κ2) is 7.22. The molecule has 0 bridgehead atoms. The van der Waals surface area contributed by atoms with Crippen LogP contribution in [0.1, 0.15) is 31.6 Å². The molecule has 1 fully saturated rings. The average molecular weight is 267 g/mol. The molecule has 0 radical (unpaired) electrons. The van der Waals surface area contributed by atoms with E-state index in [2.05, 4.69) is 29.0 Å². The Hall–Kier alpha value is -0.450. The molecule has 1 aromatic heterocycles. The summed E-state index contributed by atoms with van der Waals surface area (Å²) in [5, 5.41) is 3.59. The van der Waals surface area contributed by atoms with Gasteiger partial charge in [0.2, 0.25) is 0 Å². The first kappa shape index (κ1) is 14.0. The lowest BCUT2D eigenvalue weighted by Gasteiger charge is -2.31. The molecule has 0 aliphatic carbocycles. The average Bonchev–Trinajstić information content (AvgIpc) is 2.84. The van der Waals surface area contributed by atoms with E-state index >= 15 is 0 Å². The molecular weight excluding hydrogens is 242 g/mol. The molecule has 102 valence electrons. The SMILES string of the molecule is CC(C)CNCC1CCN(Cc2cncs2)CC1. The highest BCUT2D eigenvalue weighted by atomic mass is 32.1. The summed E-state index contributed by atoms with van der Waals surface area (Å²) < 4.78 is 0. The lowest BCUT2D eigenvalue weighted by molar-refractivity contribution is 0.176. The standard InChI is InChI=1S/C14H25N3S/c1-12(2)7-15-8-13-3-5-17(6-4-13)10-14-9-16-11-18-14/h9,11-13,15H,3-8,10H2,1-2H3. The van der Waals surface area contributed by atoms with E-state index in [1.54, 1.807) is 11.3 Å². The number of likely N-dealkylation sites (tertiary alicyclic amines) is 1. The summed E-state index contributed by atoms with van der Waals surface area (Å²) in [6, 6.07) is 0. The largest absolute Gasteiger partial charge is 0.316 e. The molecular formula is C14H25N3S. The van der Waals surface area contributed by atoms with E-state index in [4.69, 9.17) is 0 Å². The number of nitrogens with zero attached hydrogens (tertiary/aromatic N) is 2. The quantitative estimate of drug-likeness (QED) is 0.859. The van der Waals surface area contributed by atoms with Gasteiger partial charge in [0, 0.05) is 17.6 Å². The lowest BCUT2D eigenvalue weighted by Crippen LogP contribution is -2.37. The number of hydrogen-bond donors (Lipinski definition) is 1. The lowest BCUT2D eigenvalue weighted by atomic mass is 9.96. The molecule has 0 aromatic carbocycles. The van der Waals surface area contributed by atoms with Gasteiger partial charge in [0.15, 0.2) is 0 Å². The van der Waals surface area contributed by atoms with Gasteiger partial charge in [-0.05, 0) is 50.9 Å². The van der Waals surface area contributed by atoms with Gasteiger partial charge >= 0.3 is 0 Å². The minimum Gasteiger partial charge on any atom is -0.316 e. The maximum Gasteiger partial charge on any atom is 0.0794 e. The first-order chi connectivity index (χ1) is 8.74. The highest BCUT2D eigenvalue weighted by molar-refractivity contribution is 7.09. The Kier molecular flexibility index (Phi) is 5.60. The highest BCUT2D eigenvalue weighted by Crippen LogP contribution is 2.19. The maximum absolute atomic E-state index is 4.14. The van der Waals surface area contributed by atoms with Crippen molar-refractivity contribution in [3.8, 4) is 0 Å². The summed E-state index contributed by atoms with van der Waals surface area (Å²) in [7, 11) is 0. The molecule has 0 amide bonds. The van der Waals surface area contributed by atoms with Crippen LogP contribution in [0.2, 0.25) is 0 Å². The van der Waals surface area contributed by atoms with Crippen molar-refractivity contribution in [2.24, 2.45) is 11.8 Å². The predicted molar refractivity (Wildman–Crippen MR) is 77.8 cm³/mol. The molecule has 0 atom stereocenters. The Balaban J connectivity index is 1.62. The fourth-order valence-electron chi connectivity index (χ4n) is 2.47. The van der Waals surface area contributed by atoms with Crippen LogP contribution in [-0.2, 0) is 6.54 Å². The van der Waals surface area contributed by atoms with Crippen LogP contribution in [0.3, 0.4) is 0 Å². The Morgan fingerprint density at radius 2 is 2.22 bits per heavy atom. The summed E-state index contributed by atoms with van der Waals surface area (Å²) in [5.41, 5.74) is 1.93. The Bertz CT molecular complexity index is 316. The summed E-state index contributed by atoms with van der Waals surface area (Å²) in [6.45, 7) is 10.5. The van der Waals surface area contributed by atoms with Gasteiger partial charge in [-0.1, -0.05) is 13.8 Å². The number of rotatable bonds is 6.